The molecule has 0 aliphatic heterocycles. The standard InChI is InChI=1S/C20H19N3O2/c1-11-6-5-7-13(8-11)18-14-9-16(24-3)19(25-4)12(2)17(14)15-10-21-23-20(15)22-18/h5-10H,1-4H3,(H,21,22,23). The molecule has 1 N–H and O–H groups in total. The molecule has 0 aliphatic rings. The Kier molecular flexibility index (Phi) is 3.57. The van der Waals surface area contributed by atoms with Crippen molar-refractivity contribution in [2.24, 2.45) is 0 Å². The van der Waals surface area contributed by atoms with Crippen molar-refractivity contribution >= 4 is 21.8 Å². The van der Waals surface area contributed by atoms with Crippen LogP contribution in [0.3, 0.4) is 0 Å². The van der Waals surface area contributed by atoms with Crippen molar-refractivity contribution in [2.45, 2.75) is 13.8 Å². The van der Waals surface area contributed by atoms with Gasteiger partial charge in [0, 0.05) is 27.3 Å². The lowest BCUT2D eigenvalue weighted by molar-refractivity contribution is 0.354. The molecule has 0 saturated carbocycles. The van der Waals surface area contributed by atoms with Gasteiger partial charge >= 0.3 is 0 Å². The van der Waals surface area contributed by atoms with Crippen LogP contribution in [0.4, 0.5) is 0 Å². The first-order valence-electron chi connectivity index (χ1n) is 8.09. The normalized spacial score (nSPS) is 11.2. The van der Waals surface area contributed by atoms with Crippen LogP contribution in [-0.2, 0) is 0 Å². The third kappa shape index (κ3) is 2.31. The molecule has 0 aliphatic carbocycles. The van der Waals surface area contributed by atoms with Crippen molar-refractivity contribution in [3.8, 4) is 22.8 Å². The molecule has 0 amide bonds. The van der Waals surface area contributed by atoms with Crippen molar-refractivity contribution in [2.75, 3.05) is 14.2 Å². The summed E-state index contributed by atoms with van der Waals surface area (Å²) in [6.45, 7) is 4.12. The van der Waals surface area contributed by atoms with Gasteiger partial charge in [-0.1, -0.05) is 23.8 Å². The molecule has 4 aromatic rings. The molecule has 25 heavy (non-hydrogen) atoms. The van der Waals surface area contributed by atoms with Gasteiger partial charge in [0.15, 0.2) is 17.1 Å². The van der Waals surface area contributed by atoms with E-state index in [2.05, 4.69) is 35.3 Å². The maximum absolute atomic E-state index is 5.59. The predicted octanol–water partition coefficient (Wildman–Crippen LogP) is 4.41. The summed E-state index contributed by atoms with van der Waals surface area (Å²) in [6.07, 6.45) is 1.81. The first-order valence-corrected chi connectivity index (χ1v) is 8.09. The van der Waals surface area contributed by atoms with E-state index in [4.69, 9.17) is 14.5 Å². The minimum atomic E-state index is 0.700. The number of aromatic amines is 1. The van der Waals surface area contributed by atoms with Crippen LogP contribution >= 0.6 is 0 Å². The average molecular weight is 333 g/mol. The summed E-state index contributed by atoms with van der Waals surface area (Å²) in [5.74, 6) is 1.44. The number of ether oxygens (including phenoxy) is 2. The monoisotopic (exact) mass is 333 g/mol. The summed E-state index contributed by atoms with van der Waals surface area (Å²) in [6, 6.07) is 10.3. The molecule has 0 bridgehead atoms. The molecule has 0 fully saturated rings. The molecule has 2 aromatic heterocycles. The lowest BCUT2D eigenvalue weighted by atomic mass is 9.97. The first kappa shape index (κ1) is 15.4. The lowest BCUT2D eigenvalue weighted by Crippen LogP contribution is -1.97. The van der Waals surface area contributed by atoms with E-state index in [1.165, 1.54) is 5.56 Å². The maximum Gasteiger partial charge on any atom is 0.164 e. The van der Waals surface area contributed by atoms with E-state index in [0.717, 1.165) is 44.4 Å². The van der Waals surface area contributed by atoms with Crippen LogP contribution in [0.1, 0.15) is 11.1 Å². The van der Waals surface area contributed by atoms with E-state index >= 15 is 0 Å². The number of aryl methyl sites for hydroxylation is 2. The Labute approximate surface area is 145 Å². The zero-order valence-electron chi connectivity index (χ0n) is 14.7. The fraction of sp³-hybridized carbons (Fsp3) is 0.200. The van der Waals surface area contributed by atoms with Crippen molar-refractivity contribution in [1.29, 1.82) is 0 Å². The van der Waals surface area contributed by atoms with Crippen molar-refractivity contribution < 1.29 is 9.47 Å². The molecular formula is C20H19N3O2. The minimum absolute atomic E-state index is 0.700. The number of fused-ring (bicyclic) bond motifs is 3. The minimum Gasteiger partial charge on any atom is -0.493 e. The van der Waals surface area contributed by atoms with Crippen LogP contribution in [0.15, 0.2) is 36.5 Å². The number of methoxy groups -OCH3 is 2. The van der Waals surface area contributed by atoms with E-state index in [9.17, 15) is 0 Å². The number of hydrogen-bond acceptors (Lipinski definition) is 4. The molecule has 126 valence electrons. The van der Waals surface area contributed by atoms with E-state index in [1.807, 2.05) is 25.3 Å². The van der Waals surface area contributed by atoms with Crippen LogP contribution in [-0.4, -0.2) is 29.4 Å². The summed E-state index contributed by atoms with van der Waals surface area (Å²) < 4.78 is 11.1. The average Bonchev–Trinajstić information content (AvgIpc) is 3.08. The summed E-state index contributed by atoms with van der Waals surface area (Å²) >= 11 is 0. The largest absolute Gasteiger partial charge is 0.493 e. The zero-order valence-corrected chi connectivity index (χ0v) is 14.7. The Morgan fingerprint density at radius 1 is 1.00 bits per heavy atom. The van der Waals surface area contributed by atoms with Gasteiger partial charge in [-0.25, -0.2) is 4.98 Å². The topological polar surface area (TPSA) is 60.0 Å². The second-order valence-electron chi connectivity index (χ2n) is 6.12. The fourth-order valence-electron chi connectivity index (χ4n) is 3.44. The Hall–Kier alpha value is -3.08. The highest BCUT2D eigenvalue weighted by Gasteiger charge is 2.19. The van der Waals surface area contributed by atoms with E-state index in [-0.39, 0.29) is 0 Å². The Morgan fingerprint density at radius 2 is 1.84 bits per heavy atom. The van der Waals surface area contributed by atoms with Crippen LogP contribution in [0, 0.1) is 13.8 Å². The molecule has 0 spiro atoms. The molecule has 2 aromatic carbocycles. The quantitative estimate of drug-likeness (QED) is 0.603. The molecule has 0 unspecified atom stereocenters. The summed E-state index contributed by atoms with van der Waals surface area (Å²) in [5, 5.41) is 10.3. The molecular weight excluding hydrogens is 314 g/mol. The smallest absolute Gasteiger partial charge is 0.164 e. The van der Waals surface area contributed by atoms with Crippen molar-refractivity contribution in [3.05, 3.63) is 47.7 Å². The summed E-state index contributed by atoms with van der Waals surface area (Å²) in [4.78, 5) is 4.83. The number of nitrogens with zero attached hydrogens (tertiary/aromatic N) is 2. The van der Waals surface area contributed by atoms with Gasteiger partial charge in [0.05, 0.1) is 26.1 Å². The van der Waals surface area contributed by atoms with Crippen LogP contribution < -0.4 is 9.47 Å². The van der Waals surface area contributed by atoms with Gasteiger partial charge in [-0.15, -0.1) is 0 Å². The molecule has 0 saturated heterocycles. The van der Waals surface area contributed by atoms with Gasteiger partial charge in [-0.2, -0.15) is 5.10 Å². The molecule has 5 heteroatoms. The highest BCUT2D eigenvalue weighted by atomic mass is 16.5. The maximum atomic E-state index is 5.59. The second kappa shape index (κ2) is 5.77. The molecule has 5 nitrogen and oxygen atoms in total. The van der Waals surface area contributed by atoms with Crippen LogP contribution in [0.25, 0.3) is 33.1 Å². The van der Waals surface area contributed by atoms with Crippen molar-refractivity contribution in [3.63, 3.8) is 0 Å². The fourth-order valence-corrected chi connectivity index (χ4v) is 3.44. The van der Waals surface area contributed by atoms with Gasteiger partial charge in [0.25, 0.3) is 0 Å². The molecule has 0 atom stereocenters. The van der Waals surface area contributed by atoms with E-state index < -0.39 is 0 Å². The van der Waals surface area contributed by atoms with Gasteiger partial charge in [0.2, 0.25) is 0 Å². The Bertz CT molecular complexity index is 1100. The third-order valence-electron chi connectivity index (χ3n) is 4.57. The van der Waals surface area contributed by atoms with Gasteiger partial charge < -0.3 is 9.47 Å². The third-order valence-corrected chi connectivity index (χ3v) is 4.57. The van der Waals surface area contributed by atoms with Crippen LogP contribution in [0.5, 0.6) is 11.5 Å². The van der Waals surface area contributed by atoms with Crippen LogP contribution in [0.2, 0.25) is 0 Å². The number of hydrogen-bond donors (Lipinski definition) is 1. The Balaban J connectivity index is 2.20. The number of pyridine rings is 1. The number of nitrogens with one attached hydrogen (secondary N) is 1. The number of rotatable bonds is 3. The molecule has 0 radical (unpaired) electrons. The van der Waals surface area contributed by atoms with Gasteiger partial charge in [-0.3, -0.25) is 5.10 Å². The zero-order chi connectivity index (χ0) is 17.6. The van der Waals surface area contributed by atoms with E-state index in [1.54, 1.807) is 14.2 Å². The number of aromatic nitrogens is 3. The van der Waals surface area contributed by atoms with E-state index in [0.29, 0.717) is 5.75 Å². The highest BCUT2D eigenvalue weighted by molar-refractivity contribution is 6.12. The first-order chi connectivity index (χ1) is 12.1. The lowest BCUT2D eigenvalue weighted by Gasteiger charge is -2.16. The molecule has 2 heterocycles. The Morgan fingerprint density at radius 3 is 2.56 bits per heavy atom. The molecule has 4 rings (SSSR count). The summed E-state index contributed by atoms with van der Waals surface area (Å²) in [7, 11) is 3.31. The highest BCUT2D eigenvalue weighted by Crippen LogP contribution is 2.42. The van der Waals surface area contributed by atoms with Gasteiger partial charge in [0.1, 0.15) is 0 Å². The SMILES string of the molecule is COc1cc2c(-c3cccc(C)c3)nc3[nH]ncc3c2c(C)c1OC. The second-order valence-corrected chi connectivity index (χ2v) is 6.12. The summed E-state index contributed by atoms with van der Waals surface area (Å²) in [5.41, 5.74) is 4.93. The van der Waals surface area contributed by atoms with Crippen molar-refractivity contribution in [1.82, 2.24) is 15.2 Å². The predicted molar refractivity (Wildman–Crippen MR) is 99.4 cm³/mol. The number of benzene rings is 2. The number of H-pyrrole nitrogens is 1. The van der Waals surface area contributed by atoms with Gasteiger partial charge in [-0.05, 0) is 26.0 Å².